The zero-order chi connectivity index (χ0) is 28.6. The first kappa shape index (κ1) is 25.2. The van der Waals surface area contributed by atoms with Gasteiger partial charge in [-0.15, -0.1) is 11.3 Å². The molecule has 0 spiro atoms. The number of hydrogen-bond acceptors (Lipinski definition) is 5. The van der Waals surface area contributed by atoms with Gasteiger partial charge >= 0.3 is 0 Å². The Hall–Kier alpha value is -5.52. The third-order valence-electron chi connectivity index (χ3n) is 7.57. The Morgan fingerprint density at radius 1 is 0.372 bits per heavy atom. The molecule has 0 aliphatic heterocycles. The Labute approximate surface area is 253 Å². The molecule has 0 unspecified atom stereocenters. The van der Waals surface area contributed by atoms with Crippen LogP contribution in [0.4, 0.5) is 0 Å². The molecule has 0 aliphatic rings. The fourth-order valence-electron chi connectivity index (χ4n) is 5.35. The smallest absolute Gasteiger partial charge is 0.164 e. The van der Waals surface area contributed by atoms with Crippen LogP contribution >= 0.6 is 11.3 Å². The first-order valence-corrected chi connectivity index (χ1v) is 15.0. The van der Waals surface area contributed by atoms with Crippen molar-refractivity contribution in [2.24, 2.45) is 0 Å². The monoisotopic (exact) mass is 568 g/mol. The van der Waals surface area contributed by atoms with E-state index < -0.39 is 0 Å². The maximum atomic E-state index is 4.91. The minimum atomic E-state index is 0.652. The summed E-state index contributed by atoms with van der Waals surface area (Å²) in [5.41, 5.74) is 7.36. The van der Waals surface area contributed by atoms with Gasteiger partial charge in [0.05, 0.1) is 10.2 Å². The minimum absolute atomic E-state index is 0.652. The molecule has 5 heteroatoms. The summed E-state index contributed by atoms with van der Waals surface area (Å²) >= 11 is 1.75. The number of nitrogens with zero attached hydrogens (tertiary/aromatic N) is 4. The molecule has 6 aromatic carbocycles. The van der Waals surface area contributed by atoms with Crippen molar-refractivity contribution in [3.8, 4) is 55.9 Å². The van der Waals surface area contributed by atoms with Crippen LogP contribution in [0, 0.1) is 0 Å². The van der Waals surface area contributed by atoms with Gasteiger partial charge in [0.25, 0.3) is 0 Å². The van der Waals surface area contributed by atoms with Crippen LogP contribution in [0.15, 0.2) is 146 Å². The second kappa shape index (κ2) is 10.7. The molecule has 8 rings (SSSR count). The maximum absolute atomic E-state index is 4.91. The first-order chi connectivity index (χ1) is 21.3. The molecule has 0 bridgehead atoms. The minimum Gasteiger partial charge on any atom is -0.236 e. The molecule has 0 saturated carbocycles. The van der Waals surface area contributed by atoms with Gasteiger partial charge in [0.15, 0.2) is 17.5 Å². The second-order valence-corrected chi connectivity index (χ2v) is 11.3. The first-order valence-electron chi connectivity index (χ1n) is 14.1. The number of hydrogen-bond donors (Lipinski definition) is 0. The van der Waals surface area contributed by atoms with E-state index in [0.717, 1.165) is 43.9 Å². The summed E-state index contributed by atoms with van der Waals surface area (Å²) in [5, 5.41) is 3.48. The van der Waals surface area contributed by atoms with Crippen molar-refractivity contribution in [2.75, 3.05) is 0 Å². The van der Waals surface area contributed by atoms with Crippen molar-refractivity contribution >= 4 is 32.3 Å². The van der Waals surface area contributed by atoms with Gasteiger partial charge in [-0.2, -0.15) is 0 Å². The Morgan fingerprint density at radius 3 is 1.44 bits per heavy atom. The SMILES string of the molecule is c1ccc(-c2nc(-c3ccccc3)nc(-c3ccc(-c4ccc5c(ccc6nc(-c7ccccc7)sc65)c4)cc3)n2)cc1. The Kier molecular flexibility index (Phi) is 6.28. The van der Waals surface area contributed by atoms with Crippen LogP contribution in [-0.2, 0) is 0 Å². The van der Waals surface area contributed by atoms with Crippen molar-refractivity contribution < 1.29 is 0 Å². The third kappa shape index (κ3) is 4.86. The van der Waals surface area contributed by atoms with E-state index in [2.05, 4.69) is 78.9 Å². The topological polar surface area (TPSA) is 51.6 Å². The van der Waals surface area contributed by atoms with Crippen molar-refractivity contribution in [3.05, 3.63) is 146 Å². The number of aromatic nitrogens is 4. The van der Waals surface area contributed by atoms with E-state index in [1.54, 1.807) is 11.3 Å². The van der Waals surface area contributed by atoms with E-state index in [9.17, 15) is 0 Å². The summed E-state index contributed by atoms with van der Waals surface area (Å²) < 4.78 is 1.22. The molecule has 4 nitrogen and oxygen atoms in total. The molecule has 202 valence electrons. The predicted molar refractivity (Wildman–Crippen MR) is 178 cm³/mol. The summed E-state index contributed by atoms with van der Waals surface area (Å²) in [6.45, 7) is 0. The number of benzene rings is 6. The van der Waals surface area contributed by atoms with Crippen LogP contribution in [-0.4, -0.2) is 19.9 Å². The maximum Gasteiger partial charge on any atom is 0.164 e. The second-order valence-electron chi connectivity index (χ2n) is 10.4. The Bertz CT molecular complexity index is 2150. The average Bonchev–Trinajstić information content (AvgIpc) is 3.54. The highest BCUT2D eigenvalue weighted by Crippen LogP contribution is 2.37. The van der Waals surface area contributed by atoms with Crippen molar-refractivity contribution in [2.45, 2.75) is 0 Å². The predicted octanol–water partition coefficient (Wildman–Crippen LogP) is 9.97. The fourth-order valence-corrected chi connectivity index (χ4v) is 6.45. The zero-order valence-electron chi connectivity index (χ0n) is 23.1. The van der Waals surface area contributed by atoms with Gasteiger partial charge in [-0.25, -0.2) is 19.9 Å². The lowest BCUT2D eigenvalue weighted by molar-refractivity contribution is 1.07. The molecule has 0 N–H and O–H groups in total. The third-order valence-corrected chi connectivity index (χ3v) is 8.72. The highest BCUT2D eigenvalue weighted by atomic mass is 32.1. The van der Waals surface area contributed by atoms with E-state index in [1.165, 1.54) is 15.5 Å². The molecule has 43 heavy (non-hydrogen) atoms. The molecule has 0 saturated heterocycles. The van der Waals surface area contributed by atoms with Gasteiger partial charge in [-0.05, 0) is 28.6 Å². The van der Waals surface area contributed by atoms with Gasteiger partial charge in [0.1, 0.15) is 5.01 Å². The van der Waals surface area contributed by atoms with Crippen LogP contribution in [0.5, 0.6) is 0 Å². The standard InChI is InChI=1S/C38H24N4S/c1-4-10-26(11-5-1)35-40-36(27-12-6-2-7-13-27)42-37(41-35)28-18-16-25(17-19-28)30-20-22-32-31(24-30)21-23-33-34(32)43-38(39-33)29-14-8-3-9-15-29/h1-24H. The van der Waals surface area contributed by atoms with Crippen LogP contribution in [0.2, 0.25) is 0 Å². The van der Waals surface area contributed by atoms with Gasteiger partial charge in [-0.3, -0.25) is 0 Å². The van der Waals surface area contributed by atoms with Crippen LogP contribution in [0.25, 0.3) is 76.9 Å². The lowest BCUT2D eigenvalue weighted by Gasteiger charge is -2.09. The molecule has 8 aromatic rings. The number of thiazole rings is 1. The van der Waals surface area contributed by atoms with Crippen molar-refractivity contribution in [1.29, 1.82) is 0 Å². The van der Waals surface area contributed by atoms with Gasteiger partial charge in [-0.1, -0.05) is 133 Å². The average molecular weight is 569 g/mol. The molecule has 2 aromatic heterocycles. The van der Waals surface area contributed by atoms with Crippen LogP contribution in [0.1, 0.15) is 0 Å². The fraction of sp³-hybridized carbons (Fsp3) is 0. The molecule has 0 atom stereocenters. The lowest BCUT2D eigenvalue weighted by atomic mass is 10.00. The summed E-state index contributed by atoms with van der Waals surface area (Å²) in [4.78, 5) is 19.5. The van der Waals surface area contributed by atoms with E-state index in [-0.39, 0.29) is 0 Å². The highest BCUT2D eigenvalue weighted by molar-refractivity contribution is 7.22. The summed E-state index contributed by atoms with van der Waals surface area (Å²) in [7, 11) is 0. The molecule has 2 heterocycles. The summed E-state index contributed by atoms with van der Waals surface area (Å²) in [6, 6.07) is 49.9. The van der Waals surface area contributed by atoms with Crippen molar-refractivity contribution in [1.82, 2.24) is 19.9 Å². The van der Waals surface area contributed by atoms with E-state index in [1.807, 2.05) is 66.7 Å². The molecule has 0 fully saturated rings. The quantitative estimate of drug-likeness (QED) is 0.207. The number of fused-ring (bicyclic) bond motifs is 3. The van der Waals surface area contributed by atoms with E-state index in [0.29, 0.717) is 17.5 Å². The summed E-state index contributed by atoms with van der Waals surface area (Å²) in [5.74, 6) is 1.97. The van der Waals surface area contributed by atoms with Gasteiger partial charge in [0.2, 0.25) is 0 Å². The normalized spacial score (nSPS) is 11.3. The Balaban J connectivity index is 1.15. The van der Waals surface area contributed by atoms with Gasteiger partial charge in [0, 0.05) is 27.6 Å². The van der Waals surface area contributed by atoms with E-state index in [4.69, 9.17) is 19.9 Å². The number of rotatable bonds is 5. The molecule has 0 amide bonds. The Morgan fingerprint density at radius 2 is 0.860 bits per heavy atom. The highest BCUT2D eigenvalue weighted by Gasteiger charge is 2.13. The summed E-state index contributed by atoms with van der Waals surface area (Å²) in [6.07, 6.45) is 0. The van der Waals surface area contributed by atoms with Crippen molar-refractivity contribution in [3.63, 3.8) is 0 Å². The molecular weight excluding hydrogens is 545 g/mol. The lowest BCUT2D eigenvalue weighted by Crippen LogP contribution is -2.00. The van der Waals surface area contributed by atoms with E-state index >= 15 is 0 Å². The largest absolute Gasteiger partial charge is 0.236 e. The van der Waals surface area contributed by atoms with Crippen LogP contribution < -0.4 is 0 Å². The molecule has 0 aliphatic carbocycles. The van der Waals surface area contributed by atoms with Crippen LogP contribution in [0.3, 0.4) is 0 Å². The zero-order valence-corrected chi connectivity index (χ0v) is 23.9. The molecular formula is C38H24N4S. The van der Waals surface area contributed by atoms with Gasteiger partial charge < -0.3 is 0 Å². The molecule has 0 radical (unpaired) electrons.